The number of rotatable bonds is 6. The first kappa shape index (κ1) is 14.5. The Morgan fingerprint density at radius 3 is 2.53 bits per heavy atom. The van der Waals surface area contributed by atoms with Crippen molar-refractivity contribution in [2.45, 2.75) is 52.1 Å². The average Bonchev–Trinajstić information content (AvgIpc) is 2.93. The maximum absolute atomic E-state index is 5.94. The smallest absolute Gasteiger partial charge is 0.0239 e. The topological polar surface area (TPSA) is 29.3 Å². The van der Waals surface area contributed by atoms with Crippen LogP contribution in [-0.2, 0) is 13.0 Å². The van der Waals surface area contributed by atoms with E-state index in [1.165, 1.54) is 30.4 Å². The Morgan fingerprint density at radius 2 is 1.89 bits per heavy atom. The third-order valence-electron chi connectivity index (χ3n) is 4.67. The van der Waals surface area contributed by atoms with Gasteiger partial charge in [-0.15, -0.1) is 0 Å². The molecule has 2 heteroatoms. The lowest BCUT2D eigenvalue weighted by atomic mass is 10.00. The van der Waals surface area contributed by atoms with Crippen molar-refractivity contribution < 1.29 is 0 Å². The molecule has 1 aliphatic rings. The van der Waals surface area contributed by atoms with Gasteiger partial charge in [0.05, 0.1) is 0 Å². The second-order valence-electron chi connectivity index (χ2n) is 5.68. The second-order valence-corrected chi connectivity index (χ2v) is 5.68. The van der Waals surface area contributed by atoms with E-state index < -0.39 is 0 Å². The van der Waals surface area contributed by atoms with E-state index in [4.69, 9.17) is 5.73 Å². The normalized spacial score (nSPS) is 23.2. The van der Waals surface area contributed by atoms with E-state index in [-0.39, 0.29) is 0 Å². The molecule has 19 heavy (non-hydrogen) atoms. The van der Waals surface area contributed by atoms with E-state index in [1.807, 2.05) is 0 Å². The highest BCUT2D eigenvalue weighted by Gasteiger charge is 2.30. The zero-order valence-corrected chi connectivity index (χ0v) is 12.4. The van der Waals surface area contributed by atoms with Gasteiger partial charge in [0.25, 0.3) is 0 Å². The summed E-state index contributed by atoms with van der Waals surface area (Å²) in [6.07, 6.45) is 5.11. The van der Waals surface area contributed by atoms with Gasteiger partial charge in [-0.1, -0.05) is 44.5 Å². The minimum atomic E-state index is 0.694. The third kappa shape index (κ3) is 3.37. The van der Waals surface area contributed by atoms with Crippen molar-refractivity contribution in [2.24, 2.45) is 11.7 Å². The van der Waals surface area contributed by atoms with E-state index in [9.17, 15) is 0 Å². The Labute approximate surface area is 118 Å². The van der Waals surface area contributed by atoms with Crippen LogP contribution in [0.4, 0.5) is 0 Å². The van der Waals surface area contributed by atoms with Crippen molar-refractivity contribution >= 4 is 0 Å². The lowest BCUT2D eigenvalue weighted by Crippen LogP contribution is -2.40. The molecule has 0 amide bonds. The van der Waals surface area contributed by atoms with Crippen LogP contribution >= 0.6 is 0 Å². The van der Waals surface area contributed by atoms with Crippen molar-refractivity contribution in [3.63, 3.8) is 0 Å². The molecule has 2 N–H and O–H groups in total. The van der Waals surface area contributed by atoms with Crippen molar-refractivity contribution in [1.82, 2.24) is 4.90 Å². The zero-order chi connectivity index (χ0) is 13.7. The molecule has 0 spiro atoms. The zero-order valence-electron chi connectivity index (χ0n) is 12.4. The van der Waals surface area contributed by atoms with Crippen LogP contribution in [0.15, 0.2) is 24.3 Å². The lowest BCUT2D eigenvalue weighted by molar-refractivity contribution is 0.162. The van der Waals surface area contributed by atoms with Crippen LogP contribution in [0.3, 0.4) is 0 Å². The molecule has 1 saturated carbocycles. The molecule has 2 atom stereocenters. The molecule has 2 unspecified atom stereocenters. The highest BCUT2D eigenvalue weighted by molar-refractivity contribution is 5.27. The first-order valence-electron chi connectivity index (χ1n) is 7.81. The lowest BCUT2D eigenvalue weighted by Gasteiger charge is -2.32. The summed E-state index contributed by atoms with van der Waals surface area (Å²) < 4.78 is 0. The molecule has 2 nitrogen and oxygen atoms in total. The monoisotopic (exact) mass is 260 g/mol. The van der Waals surface area contributed by atoms with Gasteiger partial charge in [-0.25, -0.2) is 0 Å². The van der Waals surface area contributed by atoms with Crippen LogP contribution in [0.5, 0.6) is 0 Å². The molecule has 0 aromatic heterocycles. The Balaban J connectivity index is 2.10. The number of hydrogen-bond donors (Lipinski definition) is 1. The molecular weight excluding hydrogens is 232 g/mol. The molecule has 1 aromatic carbocycles. The fraction of sp³-hybridized carbons (Fsp3) is 0.647. The number of nitrogens with zero attached hydrogens (tertiary/aromatic N) is 1. The molecule has 0 radical (unpaired) electrons. The molecule has 1 aliphatic carbocycles. The first-order valence-corrected chi connectivity index (χ1v) is 7.81. The molecule has 2 rings (SSSR count). The highest BCUT2D eigenvalue weighted by atomic mass is 15.2. The summed E-state index contributed by atoms with van der Waals surface area (Å²) in [6.45, 7) is 7.57. The van der Waals surface area contributed by atoms with Gasteiger partial charge in [-0.2, -0.15) is 0 Å². The molecule has 1 fully saturated rings. The van der Waals surface area contributed by atoms with Crippen LogP contribution < -0.4 is 5.73 Å². The predicted molar refractivity (Wildman–Crippen MR) is 82.1 cm³/mol. The Morgan fingerprint density at radius 1 is 1.16 bits per heavy atom. The SMILES string of the molecule is CCc1ccccc1CN(CC)C1CCCC1CN. The van der Waals surface area contributed by atoms with Gasteiger partial charge in [0.1, 0.15) is 0 Å². The second kappa shape index (κ2) is 7.06. The van der Waals surface area contributed by atoms with E-state index in [0.717, 1.165) is 26.1 Å². The van der Waals surface area contributed by atoms with Gasteiger partial charge in [0.2, 0.25) is 0 Å². The van der Waals surface area contributed by atoms with Crippen molar-refractivity contribution in [3.8, 4) is 0 Å². The van der Waals surface area contributed by atoms with Gasteiger partial charge in [-0.3, -0.25) is 4.90 Å². The van der Waals surface area contributed by atoms with Gasteiger partial charge in [-0.05, 0) is 49.4 Å². The summed E-state index contributed by atoms with van der Waals surface area (Å²) in [5.41, 5.74) is 8.92. The third-order valence-corrected chi connectivity index (χ3v) is 4.67. The van der Waals surface area contributed by atoms with Crippen LogP contribution in [0, 0.1) is 5.92 Å². The summed E-state index contributed by atoms with van der Waals surface area (Å²) in [5, 5.41) is 0. The molecule has 0 aliphatic heterocycles. The fourth-order valence-corrected chi connectivity index (χ4v) is 3.51. The van der Waals surface area contributed by atoms with Crippen molar-refractivity contribution in [2.75, 3.05) is 13.1 Å². The Hall–Kier alpha value is -0.860. The quantitative estimate of drug-likeness (QED) is 0.851. The molecule has 0 bridgehead atoms. The Bertz CT molecular complexity index is 389. The first-order chi connectivity index (χ1) is 9.30. The minimum Gasteiger partial charge on any atom is -0.330 e. The molecular formula is C17H28N2. The van der Waals surface area contributed by atoms with Crippen molar-refractivity contribution in [1.29, 1.82) is 0 Å². The molecule has 106 valence electrons. The number of aryl methyl sites for hydroxylation is 1. The summed E-state index contributed by atoms with van der Waals surface area (Å²) in [6, 6.07) is 9.56. The largest absolute Gasteiger partial charge is 0.330 e. The summed E-state index contributed by atoms with van der Waals surface area (Å²) in [4.78, 5) is 2.64. The maximum atomic E-state index is 5.94. The Kier molecular flexibility index (Phi) is 5.41. The van der Waals surface area contributed by atoms with Crippen LogP contribution in [0.2, 0.25) is 0 Å². The van der Waals surface area contributed by atoms with E-state index in [1.54, 1.807) is 0 Å². The number of hydrogen-bond acceptors (Lipinski definition) is 2. The number of benzene rings is 1. The highest BCUT2D eigenvalue weighted by Crippen LogP contribution is 2.30. The minimum absolute atomic E-state index is 0.694. The number of nitrogens with two attached hydrogens (primary N) is 1. The van der Waals surface area contributed by atoms with E-state index >= 15 is 0 Å². The maximum Gasteiger partial charge on any atom is 0.0239 e. The van der Waals surface area contributed by atoms with Gasteiger partial charge < -0.3 is 5.73 Å². The standard InChI is InChI=1S/C17H28N2/c1-3-14-8-5-6-9-16(14)13-19(4-2)17-11-7-10-15(17)12-18/h5-6,8-9,15,17H,3-4,7,10-13,18H2,1-2H3. The van der Waals surface area contributed by atoms with Gasteiger partial charge in [0, 0.05) is 12.6 Å². The predicted octanol–water partition coefficient (Wildman–Crippen LogP) is 3.20. The summed E-state index contributed by atoms with van der Waals surface area (Å²) in [7, 11) is 0. The van der Waals surface area contributed by atoms with Crippen LogP contribution in [0.25, 0.3) is 0 Å². The van der Waals surface area contributed by atoms with Crippen molar-refractivity contribution in [3.05, 3.63) is 35.4 Å². The van der Waals surface area contributed by atoms with Gasteiger partial charge >= 0.3 is 0 Å². The van der Waals surface area contributed by atoms with Gasteiger partial charge in [0.15, 0.2) is 0 Å². The molecule has 0 saturated heterocycles. The van der Waals surface area contributed by atoms with Crippen LogP contribution in [0.1, 0.15) is 44.2 Å². The van der Waals surface area contributed by atoms with E-state index in [2.05, 4.69) is 43.0 Å². The average molecular weight is 260 g/mol. The van der Waals surface area contributed by atoms with Crippen LogP contribution in [-0.4, -0.2) is 24.0 Å². The van der Waals surface area contributed by atoms with E-state index in [0.29, 0.717) is 12.0 Å². The molecule has 1 aromatic rings. The fourth-order valence-electron chi connectivity index (χ4n) is 3.51. The summed E-state index contributed by atoms with van der Waals surface area (Å²) >= 11 is 0. The summed E-state index contributed by atoms with van der Waals surface area (Å²) in [5.74, 6) is 0.703. The molecule has 0 heterocycles.